The van der Waals surface area contributed by atoms with E-state index in [4.69, 9.17) is 5.73 Å². The normalized spacial score (nSPS) is 25.6. The van der Waals surface area contributed by atoms with Gasteiger partial charge in [0.15, 0.2) is 11.5 Å². The zero-order valence-corrected chi connectivity index (χ0v) is 19.3. The fourth-order valence-corrected chi connectivity index (χ4v) is 7.07. The van der Waals surface area contributed by atoms with Crippen molar-refractivity contribution in [1.82, 2.24) is 24.3 Å². The molecule has 0 radical (unpaired) electrons. The molecule has 2 fully saturated rings. The van der Waals surface area contributed by atoms with Crippen molar-refractivity contribution >= 4 is 21.5 Å². The second kappa shape index (κ2) is 6.72. The Bertz CT molecular complexity index is 1320. The number of anilines is 1. The standard InChI is InChI=1S/C22H28N6O3S/c1-14-4-5-15(10-16(14)17-11-24-19-18(23)25-13-26-28(17)19)32(30,31)27-22-8-6-21(12-22,7-9-22)20(2,3)29/h4-5,10-11,13,27,29H,6-9,12H2,1-3H3,(H2,23,25,26). The Morgan fingerprint density at radius 3 is 2.56 bits per heavy atom. The van der Waals surface area contributed by atoms with Crippen molar-refractivity contribution < 1.29 is 13.5 Å². The van der Waals surface area contributed by atoms with E-state index in [1.54, 1.807) is 28.9 Å². The Kier molecular flexibility index (Phi) is 4.47. The molecule has 10 heteroatoms. The van der Waals surface area contributed by atoms with E-state index >= 15 is 0 Å². The Labute approximate surface area is 187 Å². The van der Waals surface area contributed by atoms with Crippen LogP contribution in [0, 0.1) is 12.3 Å². The summed E-state index contributed by atoms with van der Waals surface area (Å²) >= 11 is 0. The second-order valence-electron chi connectivity index (χ2n) is 9.90. The topological polar surface area (TPSA) is 136 Å². The number of aliphatic hydroxyl groups is 1. The molecule has 0 saturated heterocycles. The number of hydrogen-bond acceptors (Lipinski definition) is 7. The van der Waals surface area contributed by atoms with Crippen molar-refractivity contribution in [3.05, 3.63) is 36.3 Å². The van der Waals surface area contributed by atoms with Gasteiger partial charge in [0.25, 0.3) is 0 Å². The molecule has 2 aliphatic rings. The highest BCUT2D eigenvalue weighted by Gasteiger charge is 2.60. The molecule has 0 atom stereocenters. The zero-order valence-electron chi connectivity index (χ0n) is 18.5. The molecule has 3 aromatic rings. The van der Waals surface area contributed by atoms with Crippen LogP contribution >= 0.6 is 0 Å². The third-order valence-corrected chi connectivity index (χ3v) is 9.19. The van der Waals surface area contributed by atoms with Crippen molar-refractivity contribution in [3.8, 4) is 11.3 Å². The first-order valence-corrected chi connectivity index (χ1v) is 12.3. The number of rotatable bonds is 5. The summed E-state index contributed by atoms with van der Waals surface area (Å²) in [6.45, 7) is 5.58. The van der Waals surface area contributed by atoms with Gasteiger partial charge < -0.3 is 10.8 Å². The highest BCUT2D eigenvalue weighted by Crippen LogP contribution is 2.61. The molecule has 1 aromatic carbocycles. The van der Waals surface area contributed by atoms with Gasteiger partial charge in [-0.3, -0.25) is 0 Å². The predicted molar refractivity (Wildman–Crippen MR) is 120 cm³/mol. The molecule has 2 aromatic heterocycles. The summed E-state index contributed by atoms with van der Waals surface area (Å²) in [5.41, 5.74) is 6.99. The van der Waals surface area contributed by atoms with E-state index in [0.717, 1.165) is 31.2 Å². The molecule has 2 heterocycles. The summed E-state index contributed by atoms with van der Waals surface area (Å²) in [5.74, 6) is 0.256. The van der Waals surface area contributed by atoms with Crippen molar-refractivity contribution in [2.75, 3.05) is 5.73 Å². The number of nitrogen functional groups attached to an aromatic ring is 1. The molecule has 9 nitrogen and oxygen atoms in total. The maximum atomic E-state index is 13.4. The molecule has 2 aliphatic carbocycles. The summed E-state index contributed by atoms with van der Waals surface area (Å²) < 4.78 is 31.4. The van der Waals surface area contributed by atoms with E-state index in [2.05, 4.69) is 19.8 Å². The van der Waals surface area contributed by atoms with E-state index < -0.39 is 21.2 Å². The minimum Gasteiger partial charge on any atom is -0.390 e. The van der Waals surface area contributed by atoms with Crippen LogP contribution in [0.5, 0.6) is 0 Å². The molecule has 0 amide bonds. The third-order valence-electron chi connectivity index (χ3n) is 7.62. The van der Waals surface area contributed by atoms with Crippen molar-refractivity contribution in [3.63, 3.8) is 0 Å². The number of aryl methyl sites for hydroxylation is 1. The van der Waals surface area contributed by atoms with Gasteiger partial charge in [-0.05, 0) is 70.6 Å². The van der Waals surface area contributed by atoms with Gasteiger partial charge >= 0.3 is 0 Å². The van der Waals surface area contributed by atoms with E-state index in [9.17, 15) is 13.5 Å². The van der Waals surface area contributed by atoms with Crippen molar-refractivity contribution in [1.29, 1.82) is 0 Å². The summed E-state index contributed by atoms with van der Waals surface area (Å²) in [6.07, 6.45) is 6.74. The molecular weight excluding hydrogens is 428 g/mol. The number of aromatic nitrogens is 4. The van der Waals surface area contributed by atoms with E-state index in [1.807, 2.05) is 20.8 Å². The van der Waals surface area contributed by atoms with Crippen molar-refractivity contribution in [2.45, 2.75) is 68.9 Å². The smallest absolute Gasteiger partial charge is 0.241 e. The fraction of sp³-hybridized carbons (Fsp3) is 0.500. The Morgan fingerprint density at radius 2 is 1.91 bits per heavy atom. The number of nitrogens with one attached hydrogen (secondary N) is 1. The SMILES string of the molecule is Cc1ccc(S(=O)(=O)NC23CCC(C(C)(C)O)(CC2)C3)cc1-c1cnc2c(N)ncnn12. The molecule has 32 heavy (non-hydrogen) atoms. The summed E-state index contributed by atoms with van der Waals surface area (Å²) in [7, 11) is -3.77. The van der Waals surface area contributed by atoms with Gasteiger partial charge in [0.1, 0.15) is 6.33 Å². The van der Waals surface area contributed by atoms with Crippen LogP contribution in [0.2, 0.25) is 0 Å². The molecule has 5 rings (SSSR count). The number of benzene rings is 1. The number of hydrogen-bond donors (Lipinski definition) is 3. The van der Waals surface area contributed by atoms with Gasteiger partial charge in [-0.2, -0.15) is 5.10 Å². The van der Waals surface area contributed by atoms with E-state index in [1.165, 1.54) is 6.33 Å². The lowest BCUT2D eigenvalue weighted by atomic mass is 9.71. The summed E-state index contributed by atoms with van der Waals surface area (Å²) in [6, 6.07) is 5.07. The van der Waals surface area contributed by atoms with E-state index in [0.29, 0.717) is 23.3 Å². The molecule has 0 aliphatic heterocycles. The Morgan fingerprint density at radius 1 is 1.19 bits per heavy atom. The first-order valence-electron chi connectivity index (χ1n) is 10.8. The summed E-state index contributed by atoms with van der Waals surface area (Å²) in [5, 5.41) is 14.9. The van der Waals surface area contributed by atoms with Crippen molar-refractivity contribution in [2.24, 2.45) is 5.41 Å². The van der Waals surface area contributed by atoms with Crippen LogP contribution in [0.3, 0.4) is 0 Å². The molecular formula is C22H28N6O3S. The van der Waals surface area contributed by atoms with Crippen LogP contribution in [-0.4, -0.2) is 44.2 Å². The first-order chi connectivity index (χ1) is 15.0. The summed E-state index contributed by atoms with van der Waals surface area (Å²) in [4.78, 5) is 8.44. The number of nitrogens with two attached hydrogens (primary N) is 1. The molecule has 170 valence electrons. The monoisotopic (exact) mass is 456 g/mol. The number of sulfonamides is 1. The second-order valence-corrected chi connectivity index (χ2v) is 11.6. The van der Waals surface area contributed by atoms with Gasteiger partial charge in [0.05, 0.1) is 22.4 Å². The highest BCUT2D eigenvalue weighted by molar-refractivity contribution is 7.89. The fourth-order valence-electron chi connectivity index (χ4n) is 5.58. The highest BCUT2D eigenvalue weighted by atomic mass is 32.2. The van der Waals surface area contributed by atoms with Crippen LogP contribution in [-0.2, 0) is 10.0 Å². The molecule has 0 unspecified atom stereocenters. The van der Waals surface area contributed by atoms with Crippen LogP contribution in [0.1, 0.15) is 51.5 Å². The van der Waals surface area contributed by atoms with Gasteiger partial charge in [-0.15, -0.1) is 0 Å². The lowest BCUT2D eigenvalue weighted by molar-refractivity contribution is -0.0501. The average molecular weight is 457 g/mol. The lowest BCUT2D eigenvalue weighted by Crippen LogP contribution is -2.45. The van der Waals surface area contributed by atoms with Crippen LogP contribution in [0.15, 0.2) is 35.6 Å². The zero-order chi connectivity index (χ0) is 22.9. The lowest BCUT2D eigenvalue weighted by Gasteiger charge is -2.38. The Balaban J connectivity index is 1.50. The van der Waals surface area contributed by atoms with Gasteiger partial charge in [0.2, 0.25) is 10.0 Å². The van der Waals surface area contributed by atoms with Gasteiger partial charge in [-0.25, -0.2) is 27.6 Å². The molecule has 2 bridgehead atoms. The van der Waals surface area contributed by atoms with Crippen LogP contribution < -0.4 is 10.5 Å². The average Bonchev–Trinajstić information content (AvgIpc) is 3.40. The number of nitrogens with zero attached hydrogens (tertiary/aromatic N) is 4. The molecule has 0 spiro atoms. The number of fused-ring (bicyclic) bond motifs is 3. The minimum absolute atomic E-state index is 0.192. The number of imidazole rings is 1. The van der Waals surface area contributed by atoms with Crippen LogP contribution in [0.25, 0.3) is 16.9 Å². The maximum absolute atomic E-state index is 13.4. The Hall–Kier alpha value is -2.56. The van der Waals surface area contributed by atoms with Crippen LogP contribution in [0.4, 0.5) is 5.82 Å². The largest absolute Gasteiger partial charge is 0.390 e. The predicted octanol–water partition coefficient (Wildman–Crippen LogP) is 2.43. The minimum atomic E-state index is -3.77. The maximum Gasteiger partial charge on any atom is 0.241 e. The quantitative estimate of drug-likeness (QED) is 0.536. The molecule has 4 N–H and O–H groups in total. The third kappa shape index (κ3) is 3.12. The first kappa shape index (κ1) is 21.3. The van der Waals surface area contributed by atoms with E-state index in [-0.39, 0.29) is 16.1 Å². The molecule has 2 saturated carbocycles. The van der Waals surface area contributed by atoms with Gasteiger partial charge in [0, 0.05) is 16.5 Å². The van der Waals surface area contributed by atoms with Gasteiger partial charge in [-0.1, -0.05) is 6.07 Å².